The molecule has 1 fully saturated rings. The van der Waals surface area contributed by atoms with Crippen LogP contribution in [0.2, 0.25) is 4.34 Å². The van der Waals surface area contributed by atoms with Gasteiger partial charge in [-0.15, -0.1) is 11.8 Å². The van der Waals surface area contributed by atoms with Gasteiger partial charge >= 0.3 is 11.9 Å². The number of thioether (sulfide) groups is 1. The van der Waals surface area contributed by atoms with Gasteiger partial charge in [0, 0.05) is 17.4 Å². The number of pyridine rings is 1. The molecule has 0 aliphatic carbocycles. The first kappa shape index (κ1) is 26.5. The Morgan fingerprint density at radius 2 is 2.10 bits per heavy atom. The summed E-state index contributed by atoms with van der Waals surface area (Å²) >= 11 is 8.27. The summed E-state index contributed by atoms with van der Waals surface area (Å²) < 4.78 is 3.78. The maximum absolute atomic E-state index is 13.1. The zero-order chi connectivity index (χ0) is 27.8. The molecule has 2 amide bonds. The molecule has 0 aromatic carbocycles. The number of aliphatic carboxylic acids is 2. The maximum atomic E-state index is 13.1. The van der Waals surface area contributed by atoms with Crippen LogP contribution in [0.15, 0.2) is 53.2 Å². The summed E-state index contributed by atoms with van der Waals surface area (Å²) in [6.45, 7) is -0.586. The quantitative estimate of drug-likeness (QED) is 0.115. The van der Waals surface area contributed by atoms with E-state index in [0.717, 1.165) is 21.9 Å². The molecule has 17 heteroatoms. The Morgan fingerprint density at radius 3 is 2.79 bits per heavy atom. The van der Waals surface area contributed by atoms with Gasteiger partial charge in [0.1, 0.15) is 46.1 Å². The number of oxime groups is 1. The van der Waals surface area contributed by atoms with Crippen LogP contribution in [-0.2, 0) is 30.6 Å². The van der Waals surface area contributed by atoms with E-state index < -0.39 is 47.5 Å². The fourth-order valence-electron chi connectivity index (χ4n) is 4.21. The lowest BCUT2D eigenvalue weighted by Gasteiger charge is -2.49. The van der Waals surface area contributed by atoms with Gasteiger partial charge in [0.2, 0.25) is 6.61 Å². The predicted octanol–water partition coefficient (Wildman–Crippen LogP) is 0.163. The van der Waals surface area contributed by atoms with Gasteiger partial charge in [-0.25, -0.2) is 23.5 Å². The van der Waals surface area contributed by atoms with Crippen molar-refractivity contribution in [1.82, 2.24) is 19.6 Å². The third-order valence-corrected chi connectivity index (χ3v) is 8.28. The number of β-lactam (4-membered cyclic amide) rings is 1. The number of hydrogen-bond acceptors (Lipinski definition) is 10. The molecule has 3 aromatic heterocycles. The first-order chi connectivity index (χ1) is 18.7. The van der Waals surface area contributed by atoms with Gasteiger partial charge in [-0.3, -0.25) is 14.5 Å². The SMILES string of the molecule is Nc1nc(C(=NOCC(=O)O)C(=O)N[C@@H]2C(=O)N3C(C(=O)O)=C(C[n+]4ccn5ccccc54)CS[C@@H]23)c(Cl)s1. The monoisotopic (exact) mass is 592 g/mol. The van der Waals surface area contributed by atoms with Gasteiger partial charge in [-0.05, 0) is 6.07 Å². The Bertz CT molecular complexity index is 1580. The lowest BCUT2D eigenvalue weighted by atomic mass is 10.0. The maximum Gasteiger partial charge on any atom is 0.352 e. The van der Waals surface area contributed by atoms with Crippen molar-refractivity contribution < 1.29 is 38.8 Å². The van der Waals surface area contributed by atoms with Crippen molar-refractivity contribution in [2.75, 3.05) is 18.1 Å². The zero-order valence-electron chi connectivity index (χ0n) is 19.7. The van der Waals surface area contributed by atoms with Crippen LogP contribution in [0.4, 0.5) is 5.13 Å². The van der Waals surface area contributed by atoms with E-state index in [1.54, 1.807) is 0 Å². The van der Waals surface area contributed by atoms with Crippen molar-refractivity contribution in [2.45, 2.75) is 18.0 Å². The summed E-state index contributed by atoms with van der Waals surface area (Å²) in [7, 11) is 0. The first-order valence-corrected chi connectivity index (χ1v) is 13.4. The van der Waals surface area contributed by atoms with E-state index in [-0.39, 0.29) is 27.4 Å². The zero-order valence-corrected chi connectivity index (χ0v) is 22.1. The van der Waals surface area contributed by atoms with Gasteiger partial charge in [0.25, 0.3) is 17.5 Å². The number of anilines is 1. The van der Waals surface area contributed by atoms with E-state index >= 15 is 0 Å². The van der Waals surface area contributed by atoms with Crippen LogP contribution in [0, 0.1) is 0 Å². The number of hydrogen-bond donors (Lipinski definition) is 4. The third kappa shape index (κ3) is 5.00. The molecule has 2 aliphatic heterocycles. The van der Waals surface area contributed by atoms with Gasteiger partial charge in [0.05, 0.1) is 6.20 Å². The number of carbonyl (C=O) groups excluding carboxylic acids is 2. The molecule has 14 nitrogen and oxygen atoms in total. The van der Waals surface area contributed by atoms with Crippen molar-refractivity contribution in [2.24, 2.45) is 5.16 Å². The van der Waals surface area contributed by atoms with Crippen molar-refractivity contribution >= 4 is 74.9 Å². The fourth-order valence-corrected chi connectivity index (χ4v) is 6.47. The molecule has 202 valence electrons. The minimum absolute atomic E-state index is 0.00497. The highest BCUT2D eigenvalue weighted by atomic mass is 35.5. The second-order valence-electron chi connectivity index (χ2n) is 8.29. The fraction of sp³-hybridized carbons (Fsp3) is 0.227. The van der Waals surface area contributed by atoms with Crippen LogP contribution < -0.4 is 15.6 Å². The number of carboxylic acids is 2. The molecule has 1 saturated heterocycles. The number of carbonyl (C=O) groups is 4. The number of amides is 2. The number of aromatic nitrogens is 3. The molecular weight excluding hydrogens is 574 g/mol. The van der Waals surface area contributed by atoms with Gasteiger partial charge < -0.3 is 26.1 Å². The number of thiazole rings is 1. The summed E-state index contributed by atoms with van der Waals surface area (Å²) in [5.74, 6) is -3.84. The van der Waals surface area contributed by atoms with Gasteiger partial charge in [-0.1, -0.05) is 34.2 Å². The normalized spacial score (nSPS) is 19.1. The number of nitrogens with zero attached hydrogens (tertiary/aromatic N) is 5. The van der Waals surface area contributed by atoms with E-state index in [4.69, 9.17) is 27.3 Å². The molecule has 0 bridgehead atoms. The van der Waals surface area contributed by atoms with E-state index in [9.17, 15) is 24.3 Å². The topological polar surface area (TPSA) is 193 Å². The van der Waals surface area contributed by atoms with Crippen molar-refractivity contribution in [3.63, 3.8) is 0 Å². The molecule has 0 spiro atoms. The highest BCUT2D eigenvalue weighted by molar-refractivity contribution is 8.00. The molecule has 0 radical (unpaired) electrons. The standard InChI is InChI=1S/C22H18ClN7O7S2/c23-17-13(26-22(24)39-17)14(27-37-8-12(31)32)18(33)25-15-19(34)30-16(21(35)36)10(9-38-20(15)30)7-29-6-5-28-4-2-1-3-11(28)29/h1-6,15,20H,7-9H2,(H4-,24,25,26,31,32,33,35,36)/p+1/t15-,20+/m1/s1. The van der Waals surface area contributed by atoms with Crippen LogP contribution in [0.5, 0.6) is 0 Å². The van der Waals surface area contributed by atoms with Crippen molar-refractivity contribution in [1.29, 1.82) is 0 Å². The van der Waals surface area contributed by atoms with Gasteiger partial charge in [0.15, 0.2) is 10.8 Å². The predicted molar refractivity (Wildman–Crippen MR) is 139 cm³/mol. The van der Waals surface area contributed by atoms with E-state index in [1.807, 2.05) is 45.8 Å². The first-order valence-electron chi connectivity index (χ1n) is 11.2. The lowest BCUT2D eigenvalue weighted by molar-refractivity contribution is -0.662. The second-order valence-corrected chi connectivity index (χ2v) is 11.0. The number of halogens is 1. The molecular formula is C22H19ClN7O7S2+. The number of nitrogen functional groups attached to an aromatic ring is 1. The summed E-state index contributed by atoms with van der Waals surface area (Å²) in [6, 6.07) is 4.55. The highest BCUT2D eigenvalue weighted by Crippen LogP contribution is 2.40. The lowest BCUT2D eigenvalue weighted by Crippen LogP contribution is -2.71. The van der Waals surface area contributed by atoms with Crippen LogP contribution in [0.1, 0.15) is 5.69 Å². The molecule has 0 unspecified atom stereocenters. The van der Waals surface area contributed by atoms with E-state index in [1.165, 1.54) is 11.8 Å². The number of carboxylic acid groups (broad SMARTS) is 2. The third-order valence-electron chi connectivity index (χ3n) is 5.85. The smallest absolute Gasteiger partial charge is 0.352 e. The molecule has 5 heterocycles. The van der Waals surface area contributed by atoms with Crippen LogP contribution >= 0.6 is 34.7 Å². The molecule has 5 N–H and O–H groups in total. The number of imidazole rings is 1. The summed E-state index contributed by atoms with van der Waals surface area (Å²) in [6.07, 6.45) is 5.54. The number of fused-ring (bicyclic) bond motifs is 2. The Balaban J connectivity index is 1.37. The molecule has 39 heavy (non-hydrogen) atoms. The Labute approximate surface area is 232 Å². The Kier molecular flexibility index (Phi) is 7.16. The molecule has 2 aliphatic rings. The molecule has 3 aromatic rings. The van der Waals surface area contributed by atoms with Crippen molar-refractivity contribution in [3.8, 4) is 0 Å². The van der Waals surface area contributed by atoms with Crippen LogP contribution in [0.25, 0.3) is 5.65 Å². The number of nitrogens with one attached hydrogen (secondary N) is 1. The average Bonchev–Trinajstić information content (AvgIpc) is 3.46. The largest absolute Gasteiger partial charge is 0.479 e. The highest BCUT2D eigenvalue weighted by Gasteiger charge is 2.54. The number of rotatable bonds is 9. The van der Waals surface area contributed by atoms with Gasteiger partial charge in [-0.2, -0.15) is 0 Å². The summed E-state index contributed by atoms with van der Waals surface area (Å²) in [5, 5.41) is 24.2. The Morgan fingerprint density at radius 1 is 1.31 bits per heavy atom. The summed E-state index contributed by atoms with van der Waals surface area (Å²) in [5.41, 5.74) is 6.28. The Hall–Kier alpha value is -4.15. The van der Waals surface area contributed by atoms with Crippen molar-refractivity contribution in [3.05, 3.63) is 58.1 Å². The summed E-state index contributed by atoms with van der Waals surface area (Å²) in [4.78, 5) is 59.1. The van der Waals surface area contributed by atoms with Crippen LogP contribution in [-0.4, -0.2) is 77.7 Å². The number of nitrogens with two attached hydrogens (primary N) is 1. The molecule has 0 saturated carbocycles. The average molecular weight is 593 g/mol. The van der Waals surface area contributed by atoms with E-state index in [0.29, 0.717) is 11.3 Å². The minimum atomic E-state index is -1.33. The van der Waals surface area contributed by atoms with Crippen LogP contribution in [0.3, 0.4) is 0 Å². The minimum Gasteiger partial charge on any atom is -0.479 e. The molecule has 5 rings (SSSR count). The second kappa shape index (κ2) is 10.5. The molecule has 2 atom stereocenters. The van der Waals surface area contributed by atoms with E-state index in [2.05, 4.69) is 15.5 Å².